The molecule has 1 saturated heterocycles. The van der Waals surface area contributed by atoms with Gasteiger partial charge in [-0.3, -0.25) is 4.99 Å². The number of rotatable bonds is 9. The van der Waals surface area contributed by atoms with Gasteiger partial charge >= 0.3 is 0 Å². The van der Waals surface area contributed by atoms with Gasteiger partial charge in [0.1, 0.15) is 5.75 Å². The molecule has 0 spiro atoms. The zero-order valence-electron chi connectivity index (χ0n) is 18.6. The van der Waals surface area contributed by atoms with Crippen LogP contribution in [0, 0.1) is 0 Å². The van der Waals surface area contributed by atoms with Gasteiger partial charge in [0.2, 0.25) is 0 Å². The van der Waals surface area contributed by atoms with Gasteiger partial charge in [-0.15, -0.1) is 24.0 Å². The maximum atomic E-state index is 5.96. The largest absolute Gasteiger partial charge is 0.497 e. The van der Waals surface area contributed by atoms with Gasteiger partial charge in [0.05, 0.1) is 13.2 Å². The number of hydrogen-bond donors (Lipinski definition) is 1. The van der Waals surface area contributed by atoms with Gasteiger partial charge in [0, 0.05) is 52.4 Å². The van der Waals surface area contributed by atoms with Crippen LogP contribution in [-0.4, -0.2) is 71.1 Å². The van der Waals surface area contributed by atoms with Crippen molar-refractivity contribution in [2.24, 2.45) is 4.99 Å². The molecule has 29 heavy (non-hydrogen) atoms. The van der Waals surface area contributed by atoms with Crippen molar-refractivity contribution < 1.29 is 14.2 Å². The number of hydrogen-bond acceptors (Lipinski definition) is 4. The molecular weight excluding hydrogens is 481 g/mol. The predicted molar refractivity (Wildman–Crippen MR) is 130 cm³/mol. The molecule has 0 amide bonds. The van der Waals surface area contributed by atoms with Crippen molar-refractivity contribution in [3.05, 3.63) is 29.8 Å². The summed E-state index contributed by atoms with van der Waals surface area (Å²) in [7, 11) is 5.28. The lowest BCUT2D eigenvalue weighted by atomic mass is 9.84. The molecule has 7 heteroatoms. The zero-order chi connectivity index (χ0) is 20.4. The lowest BCUT2D eigenvalue weighted by Crippen LogP contribution is -2.49. The Kier molecular flexibility index (Phi) is 11.9. The molecule has 1 N–H and O–H groups in total. The Morgan fingerprint density at radius 2 is 1.79 bits per heavy atom. The highest BCUT2D eigenvalue weighted by molar-refractivity contribution is 14.0. The highest BCUT2D eigenvalue weighted by atomic mass is 127. The monoisotopic (exact) mass is 519 g/mol. The maximum absolute atomic E-state index is 5.96. The van der Waals surface area contributed by atoms with E-state index in [0.717, 1.165) is 63.8 Å². The lowest BCUT2D eigenvalue weighted by molar-refractivity contribution is 0.00987. The predicted octanol–water partition coefficient (Wildman–Crippen LogP) is 3.68. The molecule has 1 aliphatic rings. The Bertz CT molecular complexity index is 600. The minimum Gasteiger partial charge on any atom is -0.497 e. The standard InChI is InChI=1S/C22H37N3O3.HI/c1-22(2,18-7-9-19(27-5)10-8-18)17-24-21(23-3)25-13-11-20(12-14-25)28-16-6-15-26-4;/h7-10,20H,6,11-17H2,1-5H3,(H,23,24);1H. The second-order valence-electron chi connectivity index (χ2n) is 7.92. The van der Waals surface area contributed by atoms with Crippen LogP contribution in [0.3, 0.4) is 0 Å². The fourth-order valence-electron chi connectivity index (χ4n) is 3.46. The van der Waals surface area contributed by atoms with Crippen molar-refractivity contribution in [2.45, 2.75) is 44.6 Å². The molecular formula is C22H38IN3O3. The molecule has 2 rings (SSSR count). The van der Waals surface area contributed by atoms with Crippen LogP contribution in [0.25, 0.3) is 0 Å². The lowest BCUT2D eigenvalue weighted by Gasteiger charge is -2.35. The Morgan fingerprint density at radius 3 is 2.34 bits per heavy atom. The van der Waals surface area contributed by atoms with Crippen LogP contribution >= 0.6 is 24.0 Å². The normalized spacial score (nSPS) is 15.8. The van der Waals surface area contributed by atoms with Gasteiger partial charge in [0.25, 0.3) is 0 Å². The number of aliphatic imine (C=N–C) groups is 1. The van der Waals surface area contributed by atoms with E-state index in [1.165, 1.54) is 5.56 Å². The summed E-state index contributed by atoms with van der Waals surface area (Å²) in [4.78, 5) is 6.83. The average Bonchev–Trinajstić information content (AvgIpc) is 2.72. The van der Waals surface area contributed by atoms with Gasteiger partial charge in [-0.05, 0) is 37.0 Å². The first kappa shape index (κ1) is 26.0. The third-order valence-electron chi connectivity index (χ3n) is 5.36. The topological polar surface area (TPSA) is 55.3 Å². The van der Waals surface area contributed by atoms with Gasteiger partial charge < -0.3 is 24.4 Å². The number of guanidine groups is 1. The Morgan fingerprint density at radius 1 is 1.14 bits per heavy atom. The van der Waals surface area contributed by atoms with Crippen LogP contribution in [0.5, 0.6) is 5.75 Å². The van der Waals surface area contributed by atoms with E-state index < -0.39 is 0 Å². The fourth-order valence-corrected chi connectivity index (χ4v) is 3.46. The molecule has 0 bridgehead atoms. The number of likely N-dealkylation sites (tertiary alicyclic amines) is 1. The smallest absolute Gasteiger partial charge is 0.193 e. The summed E-state index contributed by atoms with van der Waals surface area (Å²) in [6.07, 6.45) is 3.38. The van der Waals surface area contributed by atoms with E-state index in [1.807, 2.05) is 19.2 Å². The third-order valence-corrected chi connectivity index (χ3v) is 5.36. The number of benzene rings is 1. The minimum absolute atomic E-state index is 0. The summed E-state index contributed by atoms with van der Waals surface area (Å²) < 4.78 is 16.3. The summed E-state index contributed by atoms with van der Waals surface area (Å²) in [5.74, 6) is 1.86. The number of halogens is 1. The highest BCUT2D eigenvalue weighted by Crippen LogP contribution is 2.24. The summed E-state index contributed by atoms with van der Waals surface area (Å²) in [6, 6.07) is 8.30. The summed E-state index contributed by atoms with van der Waals surface area (Å²) in [5.41, 5.74) is 1.27. The Balaban J connectivity index is 0.00000420. The Labute approximate surface area is 193 Å². The molecule has 166 valence electrons. The first-order chi connectivity index (χ1) is 13.5. The quantitative estimate of drug-likeness (QED) is 0.234. The second kappa shape index (κ2) is 13.3. The van der Waals surface area contributed by atoms with Gasteiger partial charge in [-0.2, -0.15) is 0 Å². The van der Waals surface area contributed by atoms with E-state index in [4.69, 9.17) is 14.2 Å². The van der Waals surface area contributed by atoms with Crippen LogP contribution in [-0.2, 0) is 14.9 Å². The molecule has 0 aliphatic carbocycles. The molecule has 0 atom stereocenters. The van der Waals surface area contributed by atoms with E-state index in [9.17, 15) is 0 Å². The first-order valence-corrected chi connectivity index (χ1v) is 10.2. The van der Waals surface area contributed by atoms with Gasteiger partial charge in [-0.25, -0.2) is 0 Å². The maximum Gasteiger partial charge on any atom is 0.193 e. The van der Waals surface area contributed by atoms with Gasteiger partial charge in [-0.1, -0.05) is 26.0 Å². The minimum atomic E-state index is -0.00894. The summed E-state index contributed by atoms with van der Waals surface area (Å²) in [5, 5.41) is 3.57. The Hall–Kier alpha value is -1.06. The van der Waals surface area contributed by atoms with Crippen molar-refractivity contribution in [3.63, 3.8) is 0 Å². The van der Waals surface area contributed by atoms with Gasteiger partial charge in [0.15, 0.2) is 5.96 Å². The fraction of sp³-hybridized carbons (Fsp3) is 0.682. The molecule has 6 nitrogen and oxygen atoms in total. The zero-order valence-corrected chi connectivity index (χ0v) is 20.9. The average molecular weight is 519 g/mol. The molecule has 0 radical (unpaired) electrons. The van der Waals surface area contributed by atoms with Crippen molar-refractivity contribution >= 4 is 29.9 Å². The third kappa shape index (κ3) is 8.30. The van der Waals surface area contributed by atoms with Crippen LogP contribution in [0.2, 0.25) is 0 Å². The van der Waals surface area contributed by atoms with Crippen molar-refractivity contribution in [1.82, 2.24) is 10.2 Å². The van der Waals surface area contributed by atoms with Crippen LogP contribution in [0.1, 0.15) is 38.7 Å². The van der Waals surface area contributed by atoms with Crippen LogP contribution in [0.4, 0.5) is 0 Å². The molecule has 1 aromatic rings. The number of methoxy groups -OCH3 is 2. The molecule has 1 fully saturated rings. The molecule has 0 aromatic heterocycles. The number of piperidine rings is 1. The van der Waals surface area contributed by atoms with Crippen molar-refractivity contribution in [3.8, 4) is 5.75 Å². The summed E-state index contributed by atoms with van der Waals surface area (Å²) >= 11 is 0. The van der Waals surface area contributed by atoms with E-state index >= 15 is 0 Å². The highest BCUT2D eigenvalue weighted by Gasteiger charge is 2.25. The molecule has 1 aliphatic heterocycles. The molecule has 0 unspecified atom stereocenters. The number of ether oxygens (including phenoxy) is 3. The first-order valence-electron chi connectivity index (χ1n) is 10.2. The van der Waals surface area contributed by atoms with E-state index in [0.29, 0.717) is 6.10 Å². The molecule has 1 heterocycles. The molecule has 0 saturated carbocycles. The second-order valence-corrected chi connectivity index (χ2v) is 7.92. The van der Waals surface area contributed by atoms with Crippen LogP contribution < -0.4 is 10.1 Å². The van der Waals surface area contributed by atoms with E-state index in [-0.39, 0.29) is 29.4 Å². The SMILES string of the molecule is CN=C(NCC(C)(C)c1ccc(OC)cc1)N1CCC(OCCCOC)CC1.I. The summed E-state index contributed by atoms with van der Waals surface area (Å²) in [6.45, 7) is 8.79. The number of nitrogens with zero attached hydrogens (tertiary/aromatic N) is 2. The molecule has 1 aromatic carbocycles. The number of nitrogens with one attached hydrogen (secondary N) is 1. The van der Waals surface area contributed by atoms with E-state index in [1.54, 1.807) is 14.2 Å². The van der Waals surface area contributed by atoms with Crippen molar-refractivity contribution in [1.29, 1.82) is 0 Å². The van der Waals surface area contributed by atoms with Crippen molar-refractivity contribution in [2.75, 3.05) is 54.1 Å². The van der Waals surface area contributed by atoms with E-state index in [2.05, 4.69) is 41.2 Å². The van der Waals surface area contributed by atoms with Crippen LogP contribution in [0.15, 0.2) is 29.3 Å².